The first-order chi connectivity index (χ1) is 14.5. The average molecular weight is 423 g/mol. The number of thiophene rings is 1. The number of carbonyl (C=O) groups is 1. The van der Waals surface area contributed by atoms with Crippen LogP contribution in [0.15, 0.2) is 54.6 Å². The number of benzene rings is 2. The number of halogens is 2. The summed E-state index contributed by atoms with van der Waals surface area (Å²) in [5, 5.41) is 0. The molecule has 2 heterocycles. The van der Waals surface area contributed by atoms with Gasteiger partial charge >= 0.3 is 6.55 Å². The first-order valence-electron chi connectivity index (χ1n) is 9.73. The molecule has 0 unspecified atom stereocenters. The van der Waals surface area contributed by atoms with Gasteiger partial charge in [-0.15, -0.1) is 11.3 Å². The third kappa shape index (κ3) is 3.10. The molecule has 0 N–H and O–H groups in total. The van der Waals surface area contributed by atoms with E-state index in [9.17, 15) is 13.6 Å². The Hall–Kier alpha value is -3.06. The van der Waals surface area contributed by atoms with Crippen molar-refractivity contribution in [3.8, 4) is 10.4 Å². The van der Waals surface area contributed by atoms with Crippen molar-refractivity contribution in [1.29, 1.82) is 0 Å². The van der Waals surface area contributed by atoms with Crippen LogP contribution >= 0.6 is 11.3 Å². The third-order valence-corrected chi connectivity index (χ3v) is 6.73. The van der Waals surface area contributed by atoms with E-state index in [1.165, 1.54) is 32.9 Å². The molecule has 4 aromatic rings. The minimum Gasteiger partial charge on any atom is -0.334 e. The largest absolute Gasteiger partial charge is 0.334 e. The number of rotatable bonds is 4. The fourth-order valence-corrected chi connectivity index (χ4v) is 5.34. The van der Waals surface area contributed by atoms with Gasteiger partial charge in [0.1, 0.15) is 5.82 Å². The Morgan fingerprint density at radius 2 is 1.87 bits per heavy atom. The number of carbonyl (C=O) groups excluding carboxylic acids is 1. The summed E-state index contributed by atoms with van der Waals surface area (Å²) in [6.07, 6.45) is 1.86. The first-order valence-corrected chi connectivity index (χ1v) is 10.5. The van der Waals surface area contributed by atoms with Crippen molar-refractivity contribution in [3.05, 3.63) is 76.4 Å². The number of aromatic nitrogens is 2. The molecule has 0 saturated heterocycles. The normalized spacial score (nSPS) is 12.8. The zero-order chi connectivity index (χ0) is 20.8. The van der Waals surface area contributed by atoms with Crippen LogP contribution in [0.2, 0.25) is 0 Å². The molecule has 1 aliphatic rings. The van der Waals surface area contributed by atoms with E-state index in [0.717, 1.165) is 22.3 Å². The second-order valence-electron chi connectivity index (χ2n) is 7.45. The summed E-state index contributed by atoms with van der Waals surface area (Å²) >= 11 is 1.47. The number of hydrogen-bond donors (Lipinski definition) is 0. The van der Waals surface area contributed by atoms with Crippen molar-refractivity contribution in [3.63, 3.8) is 0 Å². The molecule has 4 nitrogen and oxygen atoms in total. The third-order valence-electron chi connectivity index (χ3n) is 5.53. The smallest absolute Gasteiger partial charge is 0.320 e. The fraction of sp³-hybridized carbons (Fsp3) is 0.217. The van der Waals surface area contributed by atoms with E-state index in [4.69, 9.17) is 0 Å². The maximum absolute atomic E-state index is 13.7. The van der Waals surface area contributed by atoms with Gasteiger partial charge in [-0.05, 0) is 47.7 Å². The van der Waals surface area contributed by atoms with Crippen molar-refractivity contribution >= 4 is 28.3 Å². The Bertz CT molecular complexity index is 1260. The van der Waals surface area contributed by atoms with Crippen LogP contribution < -0.4 is 0 Å². The molecule has 0 saturated carbocycles. The molecule has 2 aromatic carbocycles. The van der Waals surface area contributed by atoms with Gasteiger partial charge in [-0.25, -0.2) is 4.98 Å². The monoisotopic (exact) mass is 423 g/mol. The van der Waals surface area contributed by atoms with E-state index >= 15 is 0 Å². The number of alkyl halides is 2. The maximum atomic E-state index is 13.7. The second kappa shape index (κ2) is 7.32. The van der Waals surface area contributed by atoms with Gasteiger partial charge in [0.2, 0.25) is 0 Å². The van der Waals surface area contributed by atoms with Crippen molar-refractivity contribution < 1.29 is 13.6 Å². The summed E-state index contributed by atoms with van der Waals surface area (Å²) in [6.45, 7) is -2.71. The first kappa shape index (κ1) is 18.9. The molecule has 0 spiro atoms. The molecule has 0 aliphatic heterocycles. The van der Waals surface area contributed by atoms with Crippen molar-refractivity contribution in [2.75, 3.05) is 7.05 Å². The van der Waals surface area contributed by atoms with Gasteiger partial charge in [0, 0.05) is 11.9 Å². The molecule has 1 amide bonds. The number of nitrogens with zero attached hydrogens (tertiary/aromatic N) is 3. The summed E-state index contributed by atoms with van der Waals surface area (Å²) in [4.78, 5) is 20.6. The molecule has 30 heavy (non-hydrogen) atoms. The van der Waals surface area contributed by atoms with Crippen molar-refractivity contribution in [1.82, 2.24) is 14.5 Å². The van der Waals surface area contributed by atoms with E-state index in [1.54, 1.807) is 31.3 Å². The Morgan fingerprint density at radius 1 is 1.13 bits per heavy atom. The lowest BCUT2D eigenvalue weighted by molar-refractivity contribution is 0.0648. The predicted molar refractivity (Wildman–Crippen MR) is 114 cm³/mol. The Morgan fingerprint density at radius 3 is 2.70 bits per heavy atom. The SMILES string of the molecule is CN(Cc1nc2ccccc2n1C(F)F)C(=O)c1cc2c(s1)-c1ccccc1CC2. The van der Waals surface area contributed by atoms with Gasteiger partial charge in [-0.2, -0.15) is 8.78 Å². The molecule has 0 fully saturated rings. The molecule has 0 radical (unpaired) electrons. The van der Waals surface area contributed by atoms with E-state index in [2.05, 4.69) is 17.1 Å². The Balaban J connectivity index is 1.44. The van der Waals surface area contributed by atoms with Gasteiger partial charge < -0.3 is 4.90 Å². The topological polar surface area (TPSA) is 38.1 Å². The van der Waals surface area contributed by atoms with Gasteiger partial charge in [0.25, 0.3) is 5.91 Å². The summed E-state index contributed by atoms with van der Waals surface area (Å²) in [7, 11) is 1.63. The Labute approximate surface area is 176 Å². The molecule has 1 aliphatic carbocycles. The van der Waals surface area contributed by atoms with Gasteiger partial charge in [0.15, 0.2) is 0 Å². The van der Waals surface area contributed by atoms with Crippen LogP contribution in [-0.2, 0) is 19.4 Å². The van der Waals surface area contributed by atoms with Crippen molar-refractivity contribution in [2.45, 2.75) is 25.9 Å². The molecule has 0 bridgehead atoms. The van der Waals surface area contributed by atoms with E-state index in [-0.39, 0.29) is 18.3 Å². The summed E-state index contributed by atoms with van der Waals surface area (Å²) in [5.74, 6) is -0.00605. The number of aryl methyl sites for hydroxylation is 2. The second-order valence-corrected chi connectivity index (χ2v) is 8.50. The van der Waals surface area contributed by atoms with Crippen LogP contribution in [-0.4, -0.2) is 27.4 Å². The van der Waals surface area contributed by atoms with Gasteiger partial charge in [-0.3, -0.25) is 9.36 Å². The molecule has 7 heteroatoms. The Kier molecular flexibility index (Phi) is 4.62. The maximum Gasteiger partial charge on any atom is 0.320 e. The van der Waals surface area contributed by atoms with Crippen LogP contribution in [0.5, 0.6) is 0 Å². The molecule has 2 aromatic heterocycles. The van der Waals surface area contributed by atoms with Crippen LogP contribution in [0.1, 0.15) is 33.2 Å². The van der Waals surface area contributed by atoms with Gasteiger partial charge in [0.05, 0.1) is 22.5 Å². The lowest BCUT2D eigenvalue weighted by Crippen LogP contribution is -2.27. The summed E-state index contributed by atoms with van der Waals surface area (Å²) in [5.41, 5.74) is 4.52. The highest BCUT2D eigenvalue weighted by Gasteiger charge is 2.25. The van der Waals surface area contributed by atoms with E-state index in [1.807, 2.05) is 18.2 Å². The lowest BCUT2D eigenvalue weighted by Gasteiger charge is -2.17. The van der Waals surface area contributed by atoms with Crippen LogP contribution in [0.4, 0.5) is 8.78 Å². The number of fused-ring (bicyclic) bond motifs is 4. The highest BCUT2D eigenvalue weighted by Crippen LogP contribution is 2.39. The van der Waals surface area contributed by atoms with Crippen molar-refractivity contribution in [2.24, 2.45) is 0 Å². The zero-order valence-corrected chi connectivity index (χ0v) is 17.1. The molecule has 152 valence electrons. The molecular weight excluding hydrogens is 404 g/mol. The quantitative estimate of drug-likeness (QED) is 0.433. The standard InChI is InChI=1S/C23H19F2N3OS/c1-27(13-20-26-17-8-4-5-9-18(17)28(20)23(24)25)22(29)19-12-15-11-10-14-6-2-3-7-16(14)21(15)30-19/h2-9,12,23H,10-11,13H2,1H3. The average Bonchev–Trinajstić information content (AvgIpc) is 3.34. The fourth-order valence-electron chi connectivity index (χ4n) is 4.07. The number of para-hydroxylation sites is 2. The lowest BCUT2D eigenvalue weighted by atomic mass is 9.91. The number of amides is 1. The van der Waals surface area contributed by atoms with E-state index in [0.29, 0.717) is 15.9 Å². The van der Waals surface area contributed by atoms with E-state index < -0.39 is 6.55 Å². The number of imidazole rings is 1. The zero-order valence-electron chi connectivity index (χ0n) is 16.3. The molecule has 0 atom stereocenters. The van der Waals surface area contributed by atoms with Crippen LogP contribution in [0, 0.1) is 0 Å². The minimum atomic E-state index is -2.72. The highest BCUT2D eigenvalue weighted by molar-refractivity contribution is 7.17. The number of hydrogen-bond acceptors (Lipinski definition) is 3. The summed E-state index contributed by atoms with van der Waals surface area (Å²) < 4.78 is 28.3. The highest BCUT2D eigenvalue weighted by atomic mass is 32.1. The molecular formula is C23H19F2N3OS. The predicted octanol–water partition coefficient (Wildman–Crippen LogP) is 5.53. The molecule has 5 rings (SSSR count). The minimum absolute atomic E-state index is 0.0109. The summed E-state index contributed by atoms with van der Waals surface area (Å²) in [6, 6.07) is 17.0. The van der Waals surface area contributed by atoms with Gasteiger partial charge in [-0.1, -0.05) is 36.4 Å². The van der Waals surface area contributed by atoms with Crippen LogP contribution in [0.3, 0.4) is 0 Å². The van der Waals surface area contributed by atoms with Crippen LogP contribution in [0.25, 0.3) is 21.5 Å².